The van der Waals surface area contributed by atoms with E-state index in [-0.39, 0.29) is 11.9 Å². The number of amides is 1. The molecule has 5 nitrogen and oxygen atoms in total. The van der Waals surface area contributed by atoms with E-state index < -0.39 is 12.1 Å². The summed E-state index contributed by atoms with van der Waals surface area (Å²) in [6, 6.07) is 18.0. The summed E-state index contributed by atoms with van der Waals surface area (Å²) in [7, 11) is 0. The number of hydrogen-bond acceptors (Lipinski definition) is 4. The number of hydrogen-bond donors (Lipinski definition) is 1. The third kappa shape index (κ3) is 4.40. The fourth-order valence-electron chi connectivity index (χ4n) is 4.92. The summed E-state index contributed by atoms with van der Waals surface area (Å²) in [6.07, 6.45) is 7.07. The van der Waals surface area contributed by atoms with Gasteiger partial charge in [0, 0.05) is 11.4 Å². The highest BCUT2D eigenvalue weighted by Gasteiger charge is 2.30. The zero-order chi connectivity index (χ0) is 22.8. The number of ether oxygens (including phenoxy) is 1. The van der Waals surface area contributed by atoms with Crippen molar-refractivity contribution >= 4 is 34.4 Å². The van der Waals surface area contributed by atoms with Crippen molar-refractivity contribution in [2.45, 2.75) is 57.6 Å². The van der Waals surface area contributed by atoms with Gasteiger partial charge in [-0.3, -0.25) is 4.79 Å². The van der Waals surface area contributed by atoms with E-state index in [1.165, 1.54) is 0 Å². The largest absolute Gasteiger partial charge is 0.449 e. The zero-order valence-corrected chi connectivity index (χ0v) is 18.8. The SMILES string of the molecule is CC(OC(=O)c1c2c(nc3ccccc13)/C(=C/c1ccccc1)CC2)C(=O)NC1CCCC1. The molecule has 1 N–H and O–H groups in total. The van der Waals surface area contributed by atoms with Crippen molar-refractivity contribution in [3.63, 3.8) is 0 Å². The lowest BCUT2D eigenvalue weighted by Crippen LogP contribution is -2.41. The Labute approximate surface area is 193 Å². The maximum atomic E-state index is 13.4. The second kappa shape index (κ2) is 9.18. The van der Waals surface area contributed by atoms with E-state index >= 15 is 0 Å². The number of carbonyl (C=O) groups is 2. The highest BCUT2D eigenvalue weighted by atomic mass is 16.5. The number of pyridine rings is 1. The van der Waals surface area contributed by atoms with E-state index in [0.29, 0.717) is 5.56 Å². The second-order valence-corrected chi connectivity index (χ2v) is 8.95. The van der Waals surface area contributed by atoms with Crippen LogP contribution in [0, 0.1) is 0 Å². The number of nitrogens with one attached hydrogen (secondary N) is 1. The Hall–Kier alpha value is -3.47. The van der Waals surface area contributed by atoms with Gasteiger partial charge in [-0.25, -0.2) is 9.78 Å². The Kier molecular flexibility index (Phi) is 5.95. The monoisotopic (exact) mass is 440 g/mol. The van der Waals surface area contributed by atoms with E-state index in [2.05, 4.69) is 23.5 Å². The molecule has 1 atom stereocenters. The van der Waals surface area contributed by atoms with Crippen LogP contribution >= 0.6 is 0 Å². The number of aromatic nitrogens is 1. The third-order valence-electron chi connectivity index (χ3n) is 6.64. The maximum absolute atomic E-state index is 13.4. The molecule has 168 valence electrons. The first-order valence-electron chi connectivity index (χ1n) is 11.8. The molecule has 2 aliphatic rings. The van der Waals surface area contributed by atoms with E-state index in [1.54, 1.807) is 6.92 Å². The molecule has 1 aromatic heterocycles. The number of nitrogens with zero attached hydrogens (tertiary/aromatic N) is 1. The molecule has 33 heavy (non-hydrogen) atoms. The van der Waals surface area contributed by atoms with Crippen LogP contribution in [0.1, 0.15) is 66.2 Å². The van der Waals surface area contributed by atoms with Crippen molar-refractivity contribution in [2.75, 3.05) is 0 Å². The van der Waals surface area contributed by atoms with Gasteiger partial charge in [-0.2, -0.15) is 0 Å². The average Bonchev–Trinajstić information content (AvgIpc) is 3.48. The van der Waals surface area contributed by atoms with Crippen molar-refractivity contribution in [2.24, 2.45) is 0 Å². The fourth-order valence-corrected chi connectivity index (χ4v) is 4.92. The topological polar surface area (TPSA) is 68.3 Å². The molecule has 1 fully saturated rings. The van der Waals surface area contributed by atoms with Gasteiger partial charge in [-0.15, -0.1) is 0 Å². The van der Waals surface area contributed by atoms with Gasteiger partial charge in [-0.1, -0.05) is 61.4 Å². The van der Waals surface area contributed by atoms with Gasteiger partial charge in [-0.05, 0) is 61.4 Å². The van der Waals surface area contributed by atoms with Crippen LogP contribution in [-0.4, -0.2) is 29.0 Å². The molecule has 1 amide bonds. The quantitative estimate of drug-likeness (QED) is 0.545. The number of esters is 1. The molecule has 1 saturated carbocycles. The molecule has 0 saturated heterocycles. The number of rotatable bonds is 5. The molecule has 0 spiro atoms. The van der Waals surface area contributed by atoms with Crippen LogP contribution in [-0.2, 0) is 16.0 Å². The molecule has 2 aliphatic carbocycles. The maximum Gasteiger partial charge on any atom is 0.339 e. The predicted molar refractivity (Wildman–Crippen MR) is 130 cm³/mol. The molecule has 1 unspecified atom stereocenters. The summed E-state index contributed by atoms with van der Waals surface area (Å²) >= 11 is 0. The van der Waals surface area contributed by atoms with Crippen LogP contribution < -0.4 is 5.32 Å². The highest BCUT2D eigenvalue weighted by molar-refractivity contribution is 6.07. The minimum absolute atomic E-state index is 0.190. The normalized spacial score (nSPS) is 17.8. The van der Waals surface area contributed by atoms with Crippen molar-refractivity contribution in [1.29, 1.82) is 0 Å². The molecular formula is C28H28N2O3. The molecule has 3 aromatic rings. The van der Waals surface area contributed by atoms with Crippen molar-refractivity contribution in [3.05, 3.63) is 77.0 Å². The van der Waals surface area contributed by atoms with Gasteiger partial charge in [0.25, 0.3) is 5.91 Å². The first kappa shape index (κ1) is 21.4. The molecule has 0 aliphatic heterocycles. The molecule has 0 radical (unpaired) electrons. The van der Waals surface area contributed by atoms with E-state index in [1.807, 2.05) is 42.5 Å². The summed E-state index contributed by atoms with van der Waals surface area (Å²) in [5.74, 6) is -0.685. The van der Waals surface area contributed by atoms with Crippen LogP contribution in [0.5, 0.6) is 0 Å². The Bertz CT molecular complexity index is 1230. The Morgan fingerprint density at radius 3 is 2.55 bits per heavy atom. The molecule has 0 bridgehead atoms. The van der Waals surface area contributed by atoms with E-state index in [9.17, 15) is 9.59 Å². The summed E-state index contributed by atoms with van der Waals surface area (Å²) in [5, 5.41) is 3.79. The second-order valence-electron chi connectivity index (χ2n) is 8.95. The first-order valence-corrected chi connectivity index (χ1v) is 11.8. The van der Waals surface area contributed by atoms with Gasteiger partial charge in [0.1, 0.15) is 0 Å². The lowest BCUT2D eigenvalue weighted by atomic mass is 10.0. The fraction of sp³-hybridized carbons (Fsp3) is 0.321. The summed E-state index contributed by atoms with van der Waals surface area (Å²) < 4.78 is 5.70. The zero-order valence-electron chi connectivity index (χ0n) is 18.8. The van der Waals surface area contributed by atoms with Crippen LogP contribution in [0.4, 0.5) is 0 Å². The summed E-state index contributed by atoms with van der Waals surface area (Å²) in [4.78, 5) is 30.9. The number of para-hydroxylation sites is 1. The molecule has 1 heterocycles. The summed E-state index contributed by atoms with van der Waals surface area (Å²) in [5.41, 5.74) is 5.27. The standard InChI is InChI=1S/C28H28N2O3/c1-18(27(31)29-21-11-5-6-12-21)33-28(32)25-22-13-7-8-14-24(22)30-26-20(15-16-23(25)26)17-19-9-3-2-4-10-19/h2-4,7-10,13-14,17-18,21H,5-6,11-12,15-16H2,1H3,(H,29,31)/b20-17+. The summed E-state index contributed by atoms with van der Waals surface area (Å²) in [6.45, 7) is 1.65. The van der Waals surface area contributed by atoms with Crippen molar-refractivity contribution in [3.8, 4) is 0 Å². The average molecular weight is 441 g/mol. The Balaban J connectivity index is 1.47. The molecule has 5 heteroatoms. The van der Waals surface area contributed by atoms with Gasteiger partial charge >= 0.3 is 5.97 Å². The van der Waals surface area contributed by atoms with Crippen LogP contribution in [0.25, 0.3) is 22.6 Å². The van der Waals surface area contributed by atoms with Gasteiger partial charge in [0.15, 0.2) is 6.10 Å². The van der Waals surface area contributed by atoms with Gasteiger partial charge < -0.3 is 10.1 Å². The number of benzene rings is 2. The third-order valence-corrected chi connectivity index (χ3v) is 6.64. The number of allylic oxidation sites excluding steroid dienone is 1. The predicted octanol–water partition coefficient (Wildman–Crippen LogP) is 5.33. The van der Waals surface area contributed by atoms with Crippen LogP contribution in [0.3, 0.4) is 0 Å². The van der Waals surface area contributed by atoms with E-state index in [4.69, 9.17) is 9.72 Å². The van der Waals surface area contributed by atoms with Crippen LogP contribution in [0.15, 0.2) is 54.6 Å². The van der Waals surface area contributed by atoms with Gasteiger partial charge in [0.2, 0.25) is 0 Å². The van der Waals surface area contributed by atoms with Crippen molar-refractivity contribution < 1.29 is 14.3 Å². The number of carbonyl (C=O) groups excluding carboxylic acids is 2. The highest BCUT2D eigenvalue weighted by Crippen LogP contribution is 2.38. The minimum atomic E-state index is -0.846. The molecule has 2 aromatic carbocycles. The lowest BCUT2D eigenvalue weighted by molar-refractivity contribution is -0.129. The lowest BCUT2D eigenvalue weighted by Gasteiger charge is -2.18. The van der Waals surface area contributed by atoms with Crippen molar-refractivity contribution in [1.82, 2.24) is 10.3 Å². The Morgan fingerprint density at radius 1 is 1.03 bits per heavy atom. The first-order chi connectivity index (χ1) is 16.1. The number of fused-ring (bicyclic) bond motifs is 2. The smallest absolute Gasteiger partial charge is 0.339 e. The minimum Gasteiger partial charge on any atom is -0.449 e. The molecular weight excluding hydrogens is 412 g/mol. The molecule has 5 rings (SSSR count). The van der Waals surface area contributed by atoms with Gasteiger partial charge in [0.05, 0.1) is 16.8 Å². The van der Waals surface area contributed by atoms with E-state index in [0.717, 1.165) is 71.8 Å². The Morgan fingerprint density at radius 2 is 1.76 bits per heavy atom. The van der Waals surface area contributed by atoms with Crippen LogP contribution in [0.2, 0.25) is 0 Å².